The number of hydrogen-bond acceptors (Lipinski definition) is 7. The summed E-state index contributed by atoms with van der Waals surface area (Å²) < 4.78 is 20.7. The molecule has 2 N–H and O–H groups in total. The summed E-state index contributed by atoms with van der Waals surface area (Å²) in [6.45, 7) is 6.41. The molecule has 0 bridgehead atoms. The van der Waals surface area contributed by atoms with Crippen LogP contribution in [0.25, 0.3) is 11.2 Å². The van der Waals surface area contributed by atoms with Gasteiger partial charge in [0.15, 0.2) is 11.2 Å². The Morgan fingerprint density at radius 3 is 2.07 bits per heavy atom. The van der Waals surface area contributed by atoms with Crippen molar-refractivity contribution in [1.29, 1.82) is 0 Å². The van der Waals surface area contributed by atoms with E-state index in [0.29, 0.717) is 49.9 Å². The van der Waals surface area contributed by atoms with Gasteiger partial charge in [0.2, 0.25) is 11.8 Å². The smallest absolute Gasteiger partial charge is 0.247 e. The third kappa shape index (κ3) is 6.14. The lowest BCUT2D eigenvalue weighted by molar-refractivity contribution is -0.0122. The van der Waals surface area contributed by atoms with Crippen molar-refractivity contribution < 1.29 is 14.2 Å². The topological polar surface area (TPSA) is 97.3 Å². The Hall–Kier alpha value is -4.53. The van der Waals surface area contributed by atoms with Gasteiger partial charge >= 0.3 is 0 Å². The molecule has 208 valence electrons. The standard InChI is InChI=1S/C33H33N5O3/c1-23-27(21-39-18-24-11-5-2-6-12-24)29(40-19-25-13-7-3-8-14-25)17-28(23)38-22-35-30-31(38)36-33(34)37-32(30)41-20-26-15-9-4-10-16-26/h2-16,22,27-29H,1,17-21H2,(H2,34,36,37)/t27-,28-,29-/m1/s1. The zero-order valence-corrected chi connectivity index (χ0v) is 22.8. The molecule has 0 spiro atoms. The van der Waals surface area contributed by atoms with Crippen molar-refractivity contribution in [3.8, 4) is 5.88 Å². The number of fused-ring (bicyclic) bond motifs is 1. The molecule has 6 rings (SSSR count). The maximum absolute atomic E-state index is 6.49. The molecule has 1 fully saturated rings. The number of rotatable bonds is 11. The van der Waals surface area contributed by atoms with Crippen LogP contribution in [-0.4, -0.2) is 32.2 Å². The second kappa shape index (κ2) is 12.3. The van der Waals surface area contributed by atoms with Crippen molar-refractivity contribution in [3.05, 3.63) is 126 Å². The summed E-state index contributed by atoms with van der Waals surface area (Å²) in [7, 11) is 0. The summed E-state index contributed by atoms with van der Waals surface area (Å²) >= 11 is 0. The third-order valence-electron chi connectivity index (χ3n) is 7.49. The maximum Gasteiger partial charge on any atom is 0.247 e. The molecule has 3 atom stereocenters. The molecule has 8 heteroatoms. The van der Waals surface area contributed by atoms with Gasteiger partial charge in [-0.1, -0.05) is 97.6 Å². The van der Waals surface area contributed by atoms with E-state index in [1.807, 2.05) is 71.3 Å². The first-order valence-electron chi connectivity index (χ1n) is 13.8. The van der Waals surface area contributed by atoms with E-state index in [0.717, 1.165) is 22.3 Å². The molecule has 2 heterocycles. The van der Waals surface area contributed by atoms with Crippen LogP contribution in [0.5, 0.6) is 5.88 Å². The molecule has 1 aliphatic rings. The van der Waals surface area contributed by atoms with Crippen LogP contribution in [0.2, 0.25) is 0 Å². The van der Waals surface area contributed by atoms with Gasteiger partial charge in [0.25, 0.3) is 0 Å². The van der Waals surface area contributed by atoms with E-state index >= 15 is 0 Å². The number of ether oxygens (including phenoxy) is 3. The van der Waals surface area contributed by atoms with Crippen LogP contribution in [0.1, 0.15) is 29.2 Å². The SMILES string of the molecule is C=C1[C@@H](COCc2ccccc2)[C@H](OCc2ccccc2)C[C@H]1n1cnc2c(OCc3ccccc3)nc(N)nc21. The number of benzene rings is 3. The van der Waals surface area contributed by atoms with Gasteiger partial charge in [0.1, 0.15) is 6.61 Å². The van der Waals surface area contributed by atoms with Crippen LogP contribution in [0.15, 0.2) is 109 Å². The van der Waals surface area contributed by atoms with Gasteiger partial charge in [-0.05, 0) is 28.7 Å². The Labute approximate surface area is 239 Å². The summed E-state index contributed by atoms with van der Waals surface area (Å²) in [6.07, 6.45) is 2.39. The molecule has 1 aliphatic carbocycles. The first-order chi connectivity index (χ1) is 20.2. The molecule has 1 saturated carbocycles. The van der Waals surface area contributed by atoms with E-state index in [1.54, 1.807) is 6.33 Å². The Bertz CT molecular complexity index is 1590. The van der Waals surface area contributed by atoms with Crippen LogP contribution < -0.4 is 10.5 Å². The average molecular weight is 548 g/mol. The predicted molar refractivity (Wildman–Crippen MR) is 158 cm³/mol. The van der Waals surface area contributed by atoms with Crippen molar-refractivity contribution in [2.24, 2.45) is 5.92 Å². The molecule has 0 unspecified atom stereocenters. The Kier molecular flexibility index (Phi) is 8.02. The zero-order chi connectivity index (χ0) is 28.0. The largest absolute Gasteiger partial charge is 0.471 e. The van der Waals surface area contributed by atoms with Crippen LogP contribution >= 0.6 is 0 Å². The Morgan fingerprint density at radius 1 is 0.805 bits per heavy atom. The van der Waals surface area contributed by atoms with Gasteiger partial charge in [-0.25, -0.2) is 4.98 Å². The fraction of sp³-hybridized carbons (Fsp3) is 0.242. The maximum atomic E-state index is 6.49. The van der Waals surface area contributed by atoms with Gasteiger partial charge in [-0.3, -0.25) is 0 Å². The zero-order valence-electron chi connectivity index (χ0n) is 22.8. The van der Waals surface area contributed by atoms with Gasteiger partial charge in [-0.15, -0.1) is 0 Å². The van der Waals surface area contributed by atoms with Crippen molar-refractivity contribution in [2.75, 3.05) is 12.3 Å². The van der Waals surface area contributed by atoms with Gasteiger partial charge in [-0.2, -0.15) is 9.97 Å². The first kappa shape index (κ1) is 26.7. The highest BCUT2D eigenvalue weighted by molar-refractivity contribution is 5.78. The molecule has 41 heavy (non-hydrogen) atoms. The number of anilines is 1. The second-order valence-electron chi connectivity index (χ2n) is 10.3. The lowest BCUT2D eigenvalue weighted by atomic mass is 10.0. The van der Waals surface area contributed by atoms with E-state index in [-0.39, 0.29) is 24.0 Å². The lowest BCUT2D eigenvalue weighted by Gasteiger charge is -2.21. The minimum Gasteiger partial charge on any atom is -0.471 e. The van der Waals surface area contributed by atoms with E-state index in [4.69, 9.17) is 19.9 Å². The highest BCUT2D eigenvalue weighted by Crippen LogP contribution is 2.43. The quantitative estimate of drug-likeness (QED) is 0.205. The minimum absolute atomic E-state index is 0.00198. The predicted octanol–water partition coefficient (Wildman–Crippen LogP) is 5.91. The van der Waals surface area contributed by atoms with Crippen LogP contribution in [0, 0.1) is 5.92 Å². The van der Waals surface area contributed by atoms with Gasteiger partial charge < -0.3 is 24.5 Å². The molecule has 3 aromatic carbocycles. The fourth-order valence-electron chi connectivity index (χ4n) is 5.33. The van der Waals surface area contributed by atoms with Crippen molar-refractivity contribution in [1.82, 2.24) is 19.5 Å². The lowest BCUT2D eigenvalue weighted by Crippen LogP contribution is -2.23. The third-order valence-corrected chi connectivity index (χ3v) is 7.49. The number of aromatic nitrogens is 4. The number of nitrogens with two attached hydrogens (primary N) is 1. The van der Waals surface area contributed by atoms with E-state index in [2.05, 4.69) is 45.8 Å². The highest BCUT2D eigenvalue weighted by atomic mass is 16.5. The van der Waals surface area contributed by atoms with E-state index in [1.165, 1.54) is 0 Å². The van der Waals surface area contributed by atoms with Crippen molar-refractivity contribution in [3.63, 3.8) is 0 Å². The summed E-state index contributed by atoms with van der Waals surface area (Å²) in [5, 5.41) is 0. The van der Waals surface area contributed by atoms with E-state index < -0.39 is 0 Å². The molecule has 0 radical (unpaired) electrons. The van der Waals surface area contributed by atoms with Gasteiger partial charge in [0, 0.05) is 5.92 Å². The minimum atomic E-state index is -0.0950. The van der Waals surface area contributed by atoms with Gasteiger partial charge in [0.05, 0.1) is 38.3 Å². The molecular formula is C33H33N5O3. The molecular weight excluding hydrogens is 514 g/mol. The van der Waals surface area contributed by atoms with Crippen LogP contribution in [0.4, 0.5) is 5.95 Å². The van der Waals surface area contributed by atoms with Crippen molar-refractivity contribution >= 4 is 17.1 Å². The molecule has 5 aromatic rings. The summed E-state index contributed by atoms with van der Waals surface area (Å²) in [5.41, 5.74) is 11.6. The van der Waals surface area contributed by atoms with Crippen LogP contribution in [-0.2, 0) is 29.3 Å². The summed E-state index contributed by atoms with van der Waals surface area (Å²) in [6, 6.07) is 30.2. The normalized spacial score (nSPS) is 18.6. The number of imidazole rings is 1. The monoisotopic (exact) mass is 547 g/mol. The summed E-state index contributed by atoms with van der Waals surface area (Å²) in [4.78, 5) is 13.5. The van der Waals surface area contributed by atoms with Crippen molar-refractivity contribution in [2.45, 2.75) is 38.4 Å². The Morgan fingerprint density at radius 2 is 1.41 bits per heavy atom. The number of hydrogen-bond donors (Lipinski definition) is 1. The number of nitrogens with zero attached hydrogens (tertiary/aromatic N) is 4. The molecule has 2 aromatic heterocycles. The molecule has 0 saturated heterocycles. The fourth-order valence-corrected chi connectivity index (χ4v) is 5.33. The molecule has 0 amide bonds. The summed E-state index contributed by atoms with van der Waals surface area (Å²) in [5.74, 6) is 0.488. The van der Waals surface area contributed by atoms with Crippen LogP contribution in [0.3, 0.4) is 0 Å². The molecule has 8 nitrogen and oxygen atoms in total. The molecule has 0 aliphatic heterocycles. The second-order valence-corrected chi connectivity index (χ2v) is 10.3. The Balaban J connectivity index is 1.23. The highest BCUT2D eigenvalue weighted by Gasteiger charge is 2.40. The first-order valence-corrected chi connectivity index (χ1v) is 13.8. The average Bonchev–Trinajstić information content (AvgIpc) is 3.56. The van der Waals surface area contributed by atoms with E-state index in [9.17, 15) is 0 Å². The number of nitrogen functional groups attached to an aromatic ring is 1.